The number of halogens is 1. The molecule has 0 spiro atoms. The van der Waals surface area contributed by atoms with E-state index in [1.165, 1.54) is 6.07 Å². The van der Waals surface area contributed by atoms with Crippen molar-refractivity contribution in [1.29, 1.82) is 0 Å². The number of nitrogens with one attached hydrogen (secondary N) is 1. The molecular weight excluding hydrogens is 398 g/mol. The Morgan fingerprint density at radius 2 is 2.07 bits per heavy atom. The predicted octanol–water partition coefficient (Wildman–Crippen LogP) is 3.39. The van der Waals surface area contributed by atoms with E-state index in [4.69, 9.17) is 16.3 Å². The normalized spacial score (nSPS) is 16.0. The highest BCUT2D eigenvalue weighted by Gasteiger charge is 2.26. The molecule has 6 nitrogen and oxygen atoms in total. The van der Waals surface area contributed by atoms with Crippen molar-refractivity contribution in [2.45, 2.75) is 37.4 Å². The molecule has 1 aromatic heterocycles. The zero-order valence-corrected chi connectivity index (χ0v) is 16.9. The molecule has 0 amide bonds. The minimum Gasteiger partial charge on any atom is -0.489 e. The smallest absolute Gasteiger partial charge is 0.241 e. The summed E-state index contributed by atoms with van der Waals surface area (Å²) in [6, 6.07) is 13.0. The predicted molar refractivity (Wildman–Crippen MR) is 107 cm³/mol. The molecule has 3 aromatic rings. The second-order valence-electron chi connectivity index (χ2n) is 6.81. The standard InChI is InChI=1S/C20H20ClN3O3S/c1-14-9-16-10-17(11-18(21)20(16)27-14)28(25,26)23-12-19-22-7-8-24(19)13-15-5-3-2-4-6-15/h2-8,10-11,14,23H,9,12-13H2,1H3. The maximum atomic E-state index is 12.8. The van der Waals surface area contributed by atoms with Gasteiger partial charge in [-0.25, -0.2) is 18.1 Å². The van der Waals surface area contributed by atoms with Gasteiger partial charge in [0.2, 0.25) is 10.0 Å². The molecule has 1 aliphatic heterocycles. The number of nitrogens with zero attached hydrogens (tertiary/aromatic N) is 2. The number of imidazole rings is 1. The van der Waals surface area contributed by atoms with Crippen LogP contribution < -0.4 is 9.46 Å². The summed E-state index contributed by atoms with van der Waals surface area (Å²) in [4.78, 5) is 4.42. The van der Waals surface area contributed by atoms with Gasteiger partial charge in [-0.05, 0) is 24.6 Å². The van der Waals surface area contributed by atoms with Crippen molar-refractivity contribution in [3.8, 4) is 5.75 Å². The SMILES string of the molecule is CC1Cc2cc(S(=O)(=O)NCc3nccn3Cc3ccccc3)cc(Cl)c2O1. The van der Waals surface area contributed by atoms with Gasteiger partial charge in [-0.3, -0.25) is 0 Å². The van der Waals surface area contributed by atoms with E-state index in [9.17, 15) is 8.42 Å². The number of ether oxygens (including phenoxy) is 1. The average molecular weight is 418 g/mol. The first-order valence-electron chi connectivity index (χ1n) is 8.95. The Labute approximate surface area is 169 Å². The van der Waals surface area contributed by atoms with Crippen LogP contribution in [0.1, 0.15) is 23.9 Å². The molecule has 0 radical (unpaired) electrons. The minimum absolute atomic E-state index is 0.0103. The van der Waals surface area contributed by atoms with E-state index < -0.39 is 10.0 Å². The van der Waals surface area contributed by atoms with Gasteiger partial charge >= 0.3 is 0 Å². The number of benzene rings is 2. The van der Waals surface area contributed by atoms with E-state index in [0.29, 0.717) is 29.6 Å². The van der Waals surface area contributed by atoms with Crippen molar-refractivity contribution < 1.29 is 13.2 Å². The molecule has 146 valence electrons. The number of sulfonamides is 1. The first-order valence-corrected chi connectivity index (χ1v) is 10.8. The summed E-state index contributed by atoms with van der Waals surface area (Å²) < 4.78 is 35.7. The maximum Gasteiger partial charge on any atom is 0.241 e. The van der Waals surface area contributed by atoms with Gasteiger partial charge in [0.15, 0.2) is 0 Å². The molecule has 2 heterocycles. The van der Waals surface area contributed by atoms with Gasteiger partial charge in [0.05, 0.1) is 16.5 Å². The number of hydrogen-bond acceptors (Lipinski definition) is 4. The molecule has 0 saturated heterocycles. The van der Waals surface area contributed by atoms with Crippen LogP contribution in [0.2, 0.25) is 5.02 Å². The summed E-state index contributed by atoms with van der Waals surface area (Å²) in [5, 5.41) is 0.313. The Morgan fingerprint density at radius 1 is 1.29 bits per heavy atom. The highest BCUT2D eigenvalue weighted by molar-refractivity contribution is 7.89. The van der Waals surface area contributed by atoms with E-state index in [2.05, 4.69) is 9.71 Å². The van der Waals surface area contributed by atoms with Crippen molar-refractivity contribution >= 4 is 21.6 Å². The van der Waals surface area contributed by atoms with E-state index in [1.807, 2.05) is 48.0 Å². The maximum absolute atomic E-state index is 12.8. The van der Waals surface area contributed by atoms with Crippen molar-refractivity contribution in [2.24, 2.45) is 0 Å². The molecular formula is C20H20ClN3O3S. The molecule has 1 aliphatic rings. The fraction of sp³-hybridized carbons (Fsp3) is 0.250. The third kappa shape index (κ3) is 3.92. The second kappa shape index (κ2) is 7.58. The van der Waals surface area contributed by atoms with Gasteiger partial charge in [0.1, 0.15) is 17.7 Å². The third-order valence-electron chi connectivity index (χ3n) is 4.65. The zero-order valence-electron chi connectivity index (χ0n) is 15.3. The average Bonchev–Trinajstić information content (AvgIpc) is 3.26. The van der Waals surface area contributed by atoms with E-state index in [0.717, 1.165) is 11.1 Å². The highest BCUT2D eigenvalue weighted by Crippen LogP contribution is 2.37. The summed E-state index contributed by atoms with van der Waals surface area (Å²) >= 11 is 6.23. The van der Waals surface area contributed by atoms with Gasteiger partial charge in [-0.1, -0.05) is 41.9 Å². The fourth-order valence-electron chi connectivity index (χ4n) is 3.29. The second-order valence-corrected chi connectivity index (χ2v) is 8.98. The van der Waals surface area contributed by atoms with E-state index >= 15 is 0 Å². The molecule has 1 unspecified atom stereocenters. The Morgan fingerprint density at radius 3 is 2.86 bits per heavy atom. The van der Waals surface area contributed by atoms with Gasteiger partial charge in [-0.2, -0.15) is 0 Å². The van der Waals surface area contributed by atoms with Gasteiger partial charge in [0.25, 0.3) is 0 Å². The number of aromatic nitrogens is 2. The first-order chi connectivity index (χ1) is 13.4. The topological polar surface area (TPSA) is 73.2 Å². The first kappa shape index (κ1) is 19.0. The summed E-state index contributed by atoms with van der Waals surface area (Å²) in [5.41, 5.74) is 1.93. The van der Waals surface area contributed by atoms with Crippen LogP contribution in [0.15, 0.2) is 59.8 Å². The summed E-state index contributed by atoms with van der Waals surface area (Å²) in [7, 11) is -3.73. The van der Waals surface area contributed by atoms with Crippen LogP contribution >= 0.6 is 11.6 Å². The lowest BCUT2D eigenvalue weighted by Crippen LogP contribution is -2.25. The molecule has 0 aliphatic carbocycles. The molecule has 4 rings (SSSR count). The molecule has 0 fully saturated rings. The summed E-state index contributed by atoms with van der Waals surface area (Å²) in [5.74, 6) is 1.21. The van der Waals surface area contributed by atoms with Crippen molar-refractivity contribution in [1.82, 2.24) is 14.3 Å². The lowest BCUT2D eigenvalue weighted by atomic mass is 10.1. The van der Waals surface area contributed by atoms with Crippen molar-refractivity contribution in [2.75, 3.05) is 0 Å². The number of hydrogen-bond donors (Lipinski definition) is 1. The van der Waals surface area contributed by atoms with Crippen LogP contribution in [0.5, 0.6) is 5.75 Å². The van der Waals surface area contributed by atoms with Crippen LogP contribution in [0.4, 0.5) is 0 Å². The molecule has 0 saturated carbocycles. The molecule has 1 atom stereocenters. The van der Waals surface area contributed by atoms with E-state index in [1.54, 1.807) is 12.3 Å². The monoisotopic (exact) mass is 417 g/mol. The van der Waals surface area contributed by atoms with Crippen LogP contribution in [0, 0.1) is 0 Å². The van der Waals surface area contributed by atoms with Gasteiger partial charge in [0, 0.05) is 30.9 Å². The van der Waals surface area contributed by atoms with Crippen LogP contribution in [0.25, 0.3) is 0 Å². The van der Waals surface area contributed by atoms with Gasteiger partial charge < -0.3 is 9.30 Å². The Kier molecular flexibility index (Phi) is 5.14. The summed E-state index contributed by atoms with van der Waals surface area (Å²) in [6.45, 7) is 2.64. The van der Waals surface area contributed by atoms with Crippen molar-refractivity contribution in [3.63, 3.8) is 0 Å². The van der Waals surface area contributed by atoms with Crippen LogP contribution in [-0.2, 0) is 29.5 Å². The van der Waals surface area contributed by atoms with Crippen molar-refractivity contribution in [3.05, 3.63) is 76.8 Å². The zero-order chi connectivity index (χ0) is 19.7. The van der Waals surface area contributed by atoms with E-state index in [-0.39, 0.29) is 17.5 Å². The minimum atomic E-state index is -3.73. The van der Waals surface area contributed by atoms with Crippen LogP contribution in [0.3, 0.4) is 0 Å². The third-order valence-corrected chi connectivity index (χ3v) is 6.31. The number of fused-ring (bicyclic) bond motifs is 1. The van der Waals surface area contributed by atoms with Crippen LogP contribution in [-0.4, -0.2) is 24.1 Å². The molecule has 2 aromatic carbocycles. The molecule has 8 heteroatoms. The quantitative estimate of drug-likeness (QED) is 0.667. The Bertz CT molecular complexity index is 1100. The lowest BCUT2D eigenvalue weighted by molar-refractivity contribution is 0.255. The van der Waals surface area contributed by atoms with Gasteiger partial charge in [-0.15, -0.1) is 0 Å². The molecule has 1 N–H and O–H groups in total. The number of rotatable bonds is 6. The summed E-state index contributed by atoms with van der Waals surface area (Å²) in [6.07, 6.45) is 4.13. The fourth-order valence-corrected chi connectivity index (χ4v) is 4.69. The Balaban J connectivity index is 1.51. The molecule has 28 heavy (non-hydrogen) atoms. The lowest BCUT2D eigenvalue weighted by Gasteiger charge is -2.11. The molecule has 0 bridgehead atoms. The highest BCUT2D eigenvalue weighted by atomic mass is 35.5. The Hall–Kier alpha value is -2.35. The largest absolute Gasteiger partial charge is 0.489 e.